The molecule has 1 aliphatic carbocycles. The molecule has 2 aliphatic rings. The van der Waals surface area contributed by atoms with Crippen molar-refractivity contribution < 1.29 is 9.53 Å². The Bertz CT molecular complexity index is 514. The maximum Gasteiger partial charge on any atom is 0.222 e. The van der Waals surface area contributed by atoms with Gasteiger partial charge in [-0.1, -0.05) is 50.6 Å². The Morgan fingerprint density at radius 2 is 2.04 bits per heavy atom. The fraction of sp³-hybridized carbons (Fsp3) is 0.650. The third kappa shape index (κ3) is 4.14. The second-order valence-corrected chi connectivity index (χ2v) is 7.42. The van der Waals surface area contributed by atoms with Crippen molar-refractivity contribution in [2.45, 2.75) is 70.6 Å². The predicted octanol–water partition coefficient (Wildman–Crippen LogP) is 3.72. The maximum absolute atomic E-state index is 12.1. The van der Waals surface area contributed by atoms with E-state index in [1.807, 2.05) is 13.8 Å². The lowest BCUT2D eigenvalue weighted by atomic mass is 9.86. The van der Waals surface area contributed by atoms with Crippen molar-refractivity contribution in [3.05, 3.63) is 35.9 Å². The number of benzene rings is 1. The minimum atomic E-state index is 0.0560. The van der Waals surface area contributed by atoms with Gasteiger partial charge in [-0.15, -0.1) is 0 Å². The van der Waals surface area contributed by atoms with Gasteiger partial charge >= 0.3 is 0 Å². The Hall–Kier alpha value is -1.35. The lowest BCUT2D eigenvalue weighted by Gasteiger charge is -2.39. The average molecular weight is 315 g/mol. The predicted molar refractivity (Wildman–Crippen MR) is 92.2 cm³/mol. The van der Waals surface area contributed by atoms with Gasteiger partial charge in [-0.3, -0.25) is 4.79 Å². The molecule has 0 spiro atoms. The number of fused-ring (bicyclic) bond motifs is 1. The number of amides is 1. The van der Waals surface area contributed by atoms with E-state index >= 15 is 0 Å². The van der Waals surface area contributed by atoms with E-state index < -0.39 is 0 Å². The van der Waals surface area contributed by atoms with Gasteiger partial charge in [0.1, 0.15) is 0 Å². The van der Waals surface area contributed by atoms with Crippen LogP contribution in [0.3, 0.4) is 0 Å². The van der Waals surface area contributed by atoms with E-state index in [0.29, 0.717) is 18.1 Å². The molecule has 0 unspecified atom stereocenters. The first-order chi connectivity index (χ1) is 11.1. The molecule has 0 radical (unpaired) electrons. The molecule has 3 heteroatoms. The first-order valence-electron chi connectivity index (χ1n) is 9.13. The summed E-state index contributed by atoms with van der Waals surface area (Å²) in [5.41, 5.74) is 1.37. The van der Waals surface area contributed by atoms with E-state index in [9.17, 15) is 4.79 Å². The van der Waals surface area contributed by atoms with Gasteiger partial charge in [0.25, 0.3) is 0 Å². The third-order valence-electron chi connectivity index (χ3n) is 5.35. The zero-order chi connectivity index (χ0) is 16.2. The number of ether oxygens (including phenoxy) is 1. The molecule has 1 heterocycles. The Morgan fingerprint density at radius 3 is 2.78 bits per heavy atom. The van der Waals surface area contributed by atoms with E-state index in [4.69, 9.17) is 4.74 Å². The van der Waals surface area contributed by atoms with Crippen LogP contribution in [0.4, 0.5) is 0 Å². The largest absolute Gasteiger partial charge is 0.375 e. The monoisotopic (exact) mass is 315 g/mol. The normalized spacial score (nSPS) is 30.2. The van der Waals surface area contributed by atoms with Crippen LogP contribution in [0.2, 0.25) is 0 Å². The SMILES string of the molecule is CC(C)C(=O)N[C@@H]1C[C@H](CCc2ccccc2)O[C@@H]2CCC[C@@H]12. The van der Waals surface area contributed by atoms with Crippen molar-refractivity contribution >= 4 is 5.91 Å². The van der Waals surface area contributed by atoms with Crippen molar-refractivity contribution in [2.24, 2.45) is 11.8 Å². The second-order valence-electron chi connectivity index (χ2n) is 7.42. The molecule has 1 saturated carbocycles. The number of aryl methyl sites for hydroxylation is 1. The Balaban J connectivity index is 1.60. The zero-order valence-corrected chi connectivity index (χ0v) is 14.3. The number of hydrogen-bond acceptors (Lipinski definition) is 2. The number of hydrogen-bond donors (Lipinski definition) is 1. The van der Waals surface area contributed by atoms with Gasteiger partial charge in [-0.05, 0) is 37.7 Å². The van der Waals surface area contributed by atoms with Crippen molar-refractivity contribution in [1.29, 1.82) is 0 Å². The molecule has 1 amide bonds. The van der Waals surface area contributed by atoms with Crippen LogP contribution in [-0.2, 0) is 16.0 Å². The van der Waals surface area contributed by atoms with Crippen LogP contribution < -0.4 is 5.32 Å². The Labute approximate surface area is 139 Å². The molecule has 0 aromatic heterocycles. The molecule has 23 heavy (non-hydrogen) atoms. The maximum atomic E-state index is 12.1. The highest BCUT2D eigenvalue weighted by Gasteiger charge is 2.41. The van der Waals surface area contributed by atoms with Crippen LogP contribution in [0.15, 0.2) is 30.3 Å². The molecular weight excluding hydrogens is 286 g/mol. The van der Waals surface area contributed by atoms with Crippen LogP contribution in [-0.4, -0.2) is 24.2 Å². The highest BCUT2D eigenvalue weighted by Crippen LogP contribution is 2.38. The summed E-state index contributed by atoms with van der Waals surface area (Å²) < 4.78 is 6.35. The molecule has 3 rings (SSSR count). The summed E-state index contributed by atoms with van der Waals surface area (Å²) in [6.45, 7) is 3.93. The van der Waals surface area contributed by atoms with E-state index in [0.717, 1.165) is 25.7 Å². The fourth-order valence-corrected chi connectivity index (χ4v) is 4.02. The summed E-state index contributed by atoms with van der Waals surface area (Å²) in [7, 11) is 0. The number of rotatable bonds is 5. The summed E-state index contributed by atoms with van der Waals surface area (Å²) in [5, 5.41) is 3.30. The molecule has 3 nitrogen and oxygen atoms in total. The van der Waals surface area contributed by atoms with Crippen LogP contribution >= 0.6 is 0 Å². The first kappa shape index (κ1) is 16.5. The first-order valence-corrected chi connectivity index (χ1v) is 9.13. The van der Waals surface area contributed by atoms with Crippen LogP contribution in [0.5, 0.6) is 0 Å². The van der Waals surface area contributed by atoms with Gasteiger partial charge in [-0.2, -0.15) is 0 Å². The lowest BCUT2D eigenvalue weighted by Crippen LogP contribution is -2.51. The van der Waals surface area contributed by atoms with Crippen LogP contribution in [0, 0.1) is 11.8 Å². The second kappa shape index (κ2) is 7.48. The minimum Gasteiger partial charge on any atom is -0.375 e. The highest BCUT2D eigenvalue weighted by atomic mass is 16.5. The highest BCUT2D eigenvalue weighted by molar-refractivity contribution is 5.78. The number of carbonyl (C=O) groups is 1. The summed E-state index contributed by atoms with van der Waals surface area (Å²) >= 11 is 0. The number of nitrogens with one attached hydrogen (secondary N) is 1. The lowest BCUT2D eigenvalue weighted by molar-refractivity contribution is -0.129. The molecule has 126 valence electrons. The smallest absolute Gasteiger partial charge is 0.222 e. The van der Waals surface area contributed by atoms with E-state index in [1.54, 1.807) is 0 Å². The van der Waals surface area contributed by atoms with Gasteiger partial charge in [0.2, 0.25) is 5.91 Å². The third-order valence-corrected chi connectivity index (χ3v) is 5.35. The van der Waals surface area contributed by atoms with Crippen LogP contribution in [0.1, 0.15) is 51.5 Å². The summed E-state index contributed by atoms with van der Waals surface area (Å²) in [6, 6.07) is 10.9. The van der Waals surface area contributed by atoms with Gasteiger partial charge < -0.3 is 10.1 Å². The standard InChI is InChI=1S/C20H29NO2/c1-14(2)20(22)21-18-13-16(23-19-10-6-9-17(18)19)12-11-15-7-4-3-5-8-15/h3-5,7-8,14,16-19H,6,9-13H2,1-2H3,(H,21,22)/t16-,17-,18+,19+/m0/s1. The quantitative estimate of drug-likeness (QED) is 0.899. The molecule has 1 aromatic carbocycles. The van der Waals surface area contributed by atoms with Gasteiger partial charge in [0.15, 0.2) is 0 Å². The zero-order valence-electron chi connectivity index (χ0n) is 14.3. The van der Waals surface area contributed by atoms with Gasteiger partial charge in [0.05, 0.1) is 12.2 Å². The summed E-state index contributed by atoms with van der Waals surface area (Å²) in [6.07, 6.45) is 7.25. The van der Waals surface area contributed by atoms with Crippen LogP contribution in [0.25, 0.3) is 0 Å². The Morgan fingerprint density at radius 1 is 1.26 bits per heavy atom. The van der Waals surface area contributed by atoms with Gasteiger partial charge in [0, 0.05) is 17.9 Å². The van der Waals surface area contributed by atoms with Crippen molar-refractivity contribution in [2.75, 3.05) is 0 Å². The van der Waals surface area contributed by atoms with E-state index in [-0.39, 0.29) is 17.9 Å². The summed E-state index contributed by atoms with van der Waals surface area (Å²) in [4.78, 5) is 12.1. The van der Waals surface area contributed by atoms with Crippen molar-refractivity contribution in [1.82, 2.24) is 5.32 Å². The minimum absolute atomic E-state index is 0.0560. The molecule has 1 aromatic rings. The number of carbonyl (C=O) groups excluding carboxylic acids is 1. The average Bonchev–Trinajstić information content (AvgIpc) is 3.02. The summed E-state index contributed by atoms with van der Waals surface area (Å²) in [5.74, 6) is 0.760. The molecule has 4 atom stereocenters. The van der Waals surface area contributed by atoms with E-state index in [2.05, 4.69) is 35.6 Å². The molecular formula is C20H29NO2. The molecule has 1 aliphatic heterocycles. The molecule has 0 bridgehead atoms. The van der Waals surface area contributed by atoms with E-state index in [1.165, 1.54) is 18.4 Å². The molecule has 2 fully saturated rings. The molecule has 1 saturated heterocycles. The Kier molecular flexibility index (Phi) is 5.37. The van der Waals surface area contributed by atoms with Crippen molar-refractivity contribution in [3.63, 3.8) is 0 Å². The fourth-order valence-electron chi connectivity index (χ4n) is 4.02. The topological polar surface area (TPSA) is 38.3 Å². The van der Waals surface area contributed by atoms with Gasteiger partial charge in [-0.25, -0.2) is 0 Å². The van der Waals surface area contributed by atoms with Crippen molar-refractivity contribution in [3.8, 4) is 0 Å². The molecule has 1 N–H and O–H groups in total.